The Kier molecular flexibility index (Phi) is 6.49. The molecule has 20 heavy (non-hydrogen) atoms. The van der Waals surface area contributed by atoms with Crippen LogP contribution < -0.4 is 10.1 Å². The van der Waals surface area contributed by atoms with Crippen molar-refractivity contribution in [2.75, 3.05) is 6.61 Å². The van der Waals surface area contributed by atoms with E-state index in [9.17, 15) is 9.59 Å². The van der Waals surface area contributed by atoms with Gasteiger partial charge in [-0.2, -0.15) is 0 Å². The Labute approximate surface area is 132 Å². The number of carbonyl (C=O) groups is 2. The van der Waals surface area contributed by atoms with Crippen LogP contribution in [0.2, 0.25) is 5.02 Å². The van der Waals surface area contributed by atoms with E-state index in [1.54, 1.807) is 18.2 Å². The molecular formula is C14H17BrClNO3. The molecule has 4 nitrogen and oxygen atoms in total. The highest BCUT2D eigenvalue weighted by molar-refractivity contribution is 9.10. The van der Waals surface area contributed by atoms with Gasteiger partial charge in [0, 0.05) is 4.47 Å². The van der Waals surface area contributed by atoms with E-state index in [-0.39, 0.29) is 24.2 Å². The van der Waals surface area contributed by atoms with Gasteiger partial charge >= 0.3 is 0 Å². The van der Waals surface area contributed by atoms with Crippen LogP contribution in [0.1, 0.15) is 20.8 Å². The normalized spacial score (nSPS) is 12.1. The Morgan fingerprint density at radius 1 is 1.40 bits per heavy atom. The van der Waals surface area contributed by atoms with E-state index >= 15 is 0 Å². The topological polar surface area (TPSA) is 55.4 Å². The summed E-state index contributed by atoms with van der Waals surface area (Å²) in [6, 6.07) is 4.63. The van der Waals surface area contributed by atoms with Gasteiger partial charge in [0.05, 0.1) is 11.1 Å². The molecule has 0 aromatic heterocycles. The van der Waals surface area contributed by atoms with E-state index in [2.05, 4.69) is 21.2 Å². The van der Waals surface area contributed by atoms with Crippen molar-refractivity contribution in [1.29, 1.82) is 0 Å². The van der Waals surface area contributed by atoms with E-state index in [0.717, 1.165) is 4.47 Å². The summed E-state index contributed by atoms with van der Waals surface area (Å²) in [6.45, 7) is 5.01. The maximum Gasteiger partial charge on any atom is 0.258 e. The average Bonchev–Trinajstić information content (AvgIpc) is 2.36. The molecule has 0 bridgehead atoms. The second-order valence-electron chi connectivity index (χ2n) is 4.76. The maximum absolute atomic E-state index is 11.8. The van der Waals surface area contributed by atoms with Crippen molar-refractivity contribution >= 4 is 39.2 Å². The Balaban J connectivity index is 2.59. The molecule has 1 atom stereocenters. The van der Waals surface area contributed by atoms with Crippen molar-refractivity contribution in [2.24, 2.45) is 5.92 Å². The first-order valence-electron chi connectivity index (χ1n) is 6.19. The van der Waals surface area contributed by atoms with Gasteiger partial charge in [-0.15, -0.1) is 0 Å². The molecule has 0 fully saturated rings. The smallest absolute Gasteiger partial charge is 0.258 e. The van der Waals surface area contributed by atoms with Crippen LogP contribution in [-0.4, -0.2) is 24.3 Å². The van der Waals surface area contributed by atoms with E-state index in [1.807, 2.05) is 13.8 Å². The van der Waals surface area contributed by atoms with Gasteiger partial charge in [0.1, 0.15) is 5.75 Å². The first-order chi connectivity index (χ1) is 9.31. The third-order valence-corrected chi connectivity index (χ3v) is 3.48. The van der Waals surface area contributed by atoms with Crippen molar-refractivity contribution in [3.63, 3.8) is 0 Å². The molecule has 1 N–H and O–H groups in total. The number of rotatable bonds is 6. The van der Waals surface area contributed by atoms with Gasteiger partial charge < -0.3 is 10.1 Å². The molecule has 0 spiro atoms. The van der Waals surface area contributed by atoms with Crippen LogP contribution >= 0.6 is 27.5 Å². The van der Waals surface area contributed by atoms with Crippen LogP contribution in [0, 0.1) is 5.92 Å². The van der Waals surface area contributed by atoms with Crippen LogP contribution in [-0.2, 0) is 9.59 Å². The molecule has 1 rings (SSSR count). The predicted octanol–water partition coefficient (Wildman–Crippen LogP) is 3.21. The van der Waals surface area contributed by atoms with Gasteiger partial charge in [0.15, 0.2) is 12.4 Å². The van der Waals surface area contributed by atoms with Crippen molar-refractivity contribution in [2.45, 2.75) is 26.8 Å². The van der Waals surface area contributed by atoms with E-state index in [0.29, 0.717) is 10.8 Å². The third-order valence-electron chi connectivity index (χ3n) is 2.67. The van der Waals surface area contributed by atoms with Crippen LogP contribution in [0.4, 0.5) is 0 Å². The molecule has 0 saturated heterocycles. The zero-order chi connectivity index (χ0) is 15.3. The van der Waals surface area contributed by atoms with Gasteiger partial charge in [-0.05, 0) is 31.0 Å². The van der Waals surface area contributed by atoms with Crippen LogP contribution in [0.3, 0.4) is 0 Å². The summed E-state index contributed by atoms with van der Waals surface area (Å²) in [7, 11) is 0. The number of Topliss-reactive ketones (excluding diaryl/α,β-unsaturated/α-hetero) is 1. The summed E-state index contributed by atoms with van der Waals surface area (Å²) in [6.07, 6.45) is 0. The zero-order valence-corrected chi connectivity index (χ0v) is 13.9. The number of halogens is 2. The van der Waals surface area contributed by atoms with E-state index in [1.165, 1.54) is 6.92 Å². The molecular weight excluding hydrogens is 346 g/mol. The molecule has 0 aliphatic rings. The molecule has 0 heterocycles. The van der Waals surface area contributed by atoms with E-state index < -0.39 is 6.04 Å². The summed E-state index contributed by atoms with van der Waals surface area (Å²) >= 11 is 9.25. The largest absolute Gasteiger partial charge is 0.482 e. The Morgan fingerprint density at radius 3 is 2.60 bits per heavy atom. The quantitative estimate of drug-likeness (QED) is 0.845. The molecule has 1 aromatic rings. The number of benzene rings is 1. The average molecular weight is 363 g/mol. The number of hydrogen-bond donors (Lipinski definition) is 1. The molecule has 0 saturated carbocycles. The molecule has 6 heteroatoms. The highest BCUT2D eigenvalue weighted by Gasteiger charge is 2.20. The summed E-state index contributed by atoms with van der Waals surface area (Å²) in [5, 5.41) is 3.08. The summed E-state index contributed by atoms with van der Waals surface area (Å²) in [5.41, 5.74) is 0. The number of ether oxygens (including phenoxy) is 1. The van der Waals surface area contributed by atoms with Crippen LogP contribution in [0.25, 0.3) is 0 Å². The standard InChI is InChI=1S/C14H17BrClNO3/c1-8(2)14(9(3)18)17-13(19)7-20-12-6-10(15)4-5-11(12)16/h4-6,8,14H,7H2,1-3H3,(H,17,19). The first-order valence-corrected chi connectivity index (χ1v) is 7.36. The Morgan fingerprint density at radius 2 is 2.05 bits per heavy atom. The highest BCUT2D eigenvalue weighted by Crippen LogP contribution is 2.27. The van der Waals surface area contributed by atoms with Gasteiger partial charge in [0.2, 0.25) is 0 Å². The van der Waals surface area contributed by atoms with Gasteiger partial charge in [0.25, 0.3) is 5.91 Å². The fourth-order valence-corrected chi connectivity index (χ4v) is 2.20. The molecule has 0 radical (unpaired) electrons. The Bertz CT molecular complexity index is 505. The predicted molar refractivity (Wildman–Crippen MR) is 82.1 cm³/mol. The van der Waals surface area contributed by atoms with E-state index in [4.69, 9.17) is 16.3 Å². The minimum absolute atomic E-state index is 0.0332. The molecule has 1 amide bonds. The van der Waals surface area contributed by atoms with Crippen LogP contribution in [0.5, 0.6) is 5.75 Å². The fourth-order valence-electron chi connectivity index (χ4n) is 1.68. The molecule has 110 valence electrons. The zero-order valence-electron chi connectivity index (χ0n) is 11.6. The lowest BCUT2D eigenvalue weighted by atomic mass is 10.0. The van der Waals surface area contributed by atoms with Crippen LogP contribution in [0.15, 0.2) is 22.7 Å². The van der Waals surface area contributed by atoms with Gasteiger partial charge in [-0.3, -0.25) is 9.59 Å². The summed E-state index contributed by atoms with van der Waals surface area (Å²) < 4.78 is 6.16. The number of hydrogen-bond acceptors (Lipinski definition) is 3. The lowest BCUT2D eigenvalue weighted by Crippen LogP contribution is -2.45. The third kappa shape index (κ3) is 5.13. The molecule has 0 aliphatic carbocycles. The number of amides is 1. The minimum Gasteiger partial charge on any atom is -0.482 e. The van der Waals surface area contributed by atoms with Gasteiger partial charge in [-0.1, -0.05) is 41.4 Å². The summed E-state index contributed by atoms with van der Waals surface area (Å²) in [4.78, 5) is 23.2. The molecule has 1 aromatic carbocycles. The monoisotopic (exact) mass is 361 g/mol. The van der Waals surface area contributed by atoms with Gasteiger partial charge in [-0.25, -0.2) is 0 Å². The molecule has 1 unspecified atom stereocenters. The number of nitrogens with one attached hydrogen (secondary N) is 1. The number of ketones is 1. The fraction of sp³-hybridized carbons (Fsp3) is 0.429. The lowest BCUT2D eigenvalue weighted by molar-refractivity contribution is -0.129. The van der Waals surface area contributed by atoms with Crippen molar-refractivity contribution in [3.05, 3.63) is 27.7 Å². The minimum atomic E-state index is -0.496. The summed E-state index contributed by atoms with van der Waals surface area (Å²) in [5.74, 6) is 0.0230. The van der Waals surface area contributed by atoms with Crippen molar-refractivity contribution in [1.82, 2.24) is 5.32 Å². The first kappa shape index (κ1) is 17.0. The maximum atomic E-state index is 11.8. The van der Waals surface area contributed by atoms with Crippen molar-refractivity contribution < 1.29 is 14.3 Å². The SMILES string of the molecule is CC(=O)C(NC(=O)COc1cc(Br)ccc1Cl)C(C)C. The highest BCUT2D eigenvalue weighted by atomic mass is 79.9. The second-order valence-corrected chi connectivity index (χ2v) is 6.09. The van der Waals surface area contributed by atoms with Crippen molar-refractivity contribution in [3.8, 4) is 5.75 Å². The number of carbonyl (C=O) groups excluding carboxylic acids is 2. The second kappa shape index (κ2) is 7.64. The molecule has 0 aliphatic heterocycles. The Hall–Kier alpha value is -1.07. The lowest BCUT2D eigenvalue weighted by Gasteiger charge is -2.19.